The average Bonchev–Trinajstić information content (AvgIpc) is 2.75. The molecule has 0 unspecified atom stereocenters. The summed E-state index contributed by atoms with van der Waals surface area (Å²) in [6.45, 7) is 0.372. The predicted molar refractivity (Wildman–Crippen MR) is 129 cm³/mol. The van der Waals surface area contributed by atoms with Crippen molar-refractivity contribution in [3.8, 4) is 11.8 Å². The van der Waals surface area contributed by atoms with Crippen LogP contribution in [0, 0.1) is 11.3 Å². The Morgan fingerprint density at radius 1 is 1.03 bits per heavy atom. The molecule has 1 amide bonds. The van der Waals surface area contributed by atoms with Crippen molar-refractivity contribution in [3.05, 3.63) is 96.9 Å². The normalized spacial score (nSPS) is 11.0. The fourth-order valence-corrected chi connectivity index (χ4v) is 3.54. The highest BCUT2D eigenvalue weighted by Crippen LogP contribution is 2.29. The summed E-state index contributed by atoms with van der Waals surface area (Å²) in [5.41, 5.74) is 1.86. The second-order valence-electron chi connectivity index (χ2n) is 6.35. The maximum Gasteiger partial charge on any atom is 0.266 e. The summed E-state index contributed by atoms with van der Waals surface area (Å²) in [5.74, 6) is 0.0339. The van der Waals surface area contributed by atoms with Gasteiger partial charge in [-0.05, 0) is 75.6 Å². The van der Waals surface area contributed by atoms with E-state index in [1.54, 1.807) is 42.5 Å². The van der Waals surface area contributed by atoms with Crippen LogP contribution in [-0.2, 0) is 11.4 Å². The van der Waals surface area contributed by atoms with Crippen LogP contribution in [0.1, 0.15) is 11.1 Å². The van der Waals surface area contributed by atoms with Gasteiger partial charge in [0, 0.05) is 10.0 Å². The van der Waals surface area contributed by atoms with Crippen molar-refractivity contribution in [1.82, 2.24) is 0 Å². The Labute approximate surface area is 203 Å². The first-order valence-electron chi connectivity index (χ1n) is 8.90. The highest BCUT2D eigenvalue weighted by atomic mass is 79.9. The number of benzene rings is 3. The second-order valence-corrected chi connectivity index (χ2v) is 8.49. The maximum absolute atomic E-state index is 12.5. The fourth-order valence-electron chi connectivity index (χ4n) is 2.56. The van der Waals surface area contributed by atoms with E-state index in [-0.39, 0.29) is 5.57 Å². The molecule has 0 bridgehead atoms. The third-order valence-corrected chi connectivity index (χ3v) is 5.55. The van der Waals surface area contributed by atoms with Crippen LogP contribution in [-0.4, -0.2) is 5.91 Å². The zero-order valence-corrected chi connectivity index (χ0v) is 19.7. The van der Waals surface area contributed by atoms with Crippen molar-refractivity contribution >= 4 is 68.4 Å². The first-order valence-corrected chi connectivity index (χ1v) is 10.8. The zero-order chi connectivity index (χ0) is 22.4. The maximum atomic E-state index is 12.5. The second kappa shape index (κ2) is 10.7. The van der Waals surface area contributed by atoms with Crippen LogP contribution in [0.3, 0.4) is 0 Å². The summed E-state index contributed by atoms with van der Waals surface area (Å²) in [6.07, 6.45) is 1.47. The van der Waals surface area contributed by atoms with Crippen LogP contribution in [0.25, 0.3) is 6.08 Å². The third-order valence-electron chi connectivity index (χ3n) is 4.12. The van der Waals surface area contributed by atoms with Gasteiger partial charge in [0.25, 0.3) is 5.91 Å². The van der Waals surface area contributed by atoms with Gasteiger partial charge in [0.1, 0.15) is 24.0 Å². The summed E-state index contributed by atoms with van der Waals surface area (Å²) in [6, 6.07) is 19.2. The smallest absolute Gasteiger partial charge is 0.266 e. The largest absolute Gasteiger partial charge is 0.488 e. The molecule has 31 heavy (non-hydrogen) atoms. The summed E-state index contributed by atoms with van der Waals surface area (Å²) >= 11 is 21.4. The lowest BCUT2D eigenvalue weighted by Crippen LogP contribution is -2.13. The van der Waals surface area contributed by atoms with Gasteiger partial charge in [-0.15, -0.1) is 0 Å². The molecule has 0 fully saturated rings. The highest BCUT2D eigenvalue weighted by Gasteiger charge is 2.12. The minimum atomic E-state index is -0.592. The number of rotatable bonds is 6. The van der Waals surface area contributed by atoms with Gasteiger partial charge in [-0.1, -0.05) is 53.0 Å². The van der Waals surface area contributed by atoms with Crippen LogP contribution in [0.5, 0.6) is 5.75 Å². The number of hydrogen-bond acceptors (Lipinski definition) is 3. The van der Waals surface area contributed by atoms with Crippen molar-refractivity contribution in [2.45, 2.75) is 6.61 Å². The van der Waals surface area contributed by atoms with Crippen LogP contribution in [0.2, 0.25) is 15.1 Å². The molecule has 3 rings (SSSR count). The molecule has 4 nitrogen and oxygen atoms in total. The standard InChI is InChI=1S/C23H14BrCl3N2O2/c24-19-10-15(3-8-22(19)31-13-14-1-4-17(25)5-2-14)9-16(12-28)23(30)29-21-11-18(26)6-7-20(21)27/h1-11H,13H2,(H,29,30)/b16-9+. The average molecular weight is 537 g/mol. The fraction of sp³-hybridized carbons (Fsp3) is 0.0435. The van der Waals surface area contributed by atoms with Crippen LogP contribution >= 0.6 is 50.7 Å². The van der Waals surface area contributed by atoms with Gasteiger partial charge in [0.15, 0.2) is 0 Å². The summed E-state index contributed by atoms with van der Waals surface area (Å²) in [5, 5.41) is 13.4. The first-order chi connectivity index (χ1) is 14.9. The molecule has 0 radical (unpaired) electrons. The topological polar surface area (TPSA) is 62.1 Å². The van der Waals surface area contributed by atoms with E-state index in [0.29, 0.717) is 43.1 Å². The molecule has 0 spiro atoms. The van der Waals surface area contributed by atoms with E-state index in [4.69, 9.17) is 39.5 Å². The number of nitriles is 1. The molecular weight excluding hydrogens is 523 g/mol. The molecular formula is C23H14BrCl3N2O2. The minimum absolute atomic E-state index is 0.0854. The number of halogens is 4. The first kappa shape index (κ1) is 23.2. The van der Waals surface area contributed by atoms with Crippen molar-refractivity contribution in [2.24, 2.45) is 0 Å². The lowest BCUT2D eigenvalue weighted by atomic mass is 10.1. The molecule has 0 heterocycles. The van der Waals surface area contributed by atoms with Crippen LogP contribution in [0.15, 0.2) is 70.7 Å². The van der Waals surface area contributed by atoms with E-state index in [0.717, 1.165) is 5.56 Å². The van der Waals surface area contributed by atoms with Gasteiger partial charge >= 0.3 is 0 Å². The van der Waals surface area contributed by atoms with E-state index >= 15 is 0 Å². The van der Waals surface area contributed by atoms with Gasteiger partial charge in [-0.2, -0.15) is 5.26 Å². The Balaban J connectivity index is 1.72. The predicted octanol–water partition coefficient (Wildman–Crippen LogP) is 7.53. The third kappa shape index (κ3) is 6.49. The quantitative estimate of drug-likeness (QED) is 0.262. The molecule has 0 atom stereocenters. The number of carbonyl (C=O) groups is 1. The molecule has 0 aromatic heterocycles. The SMILES string of the molecule is N#C/C(=C\c1ccc(OCc2ccc(Cl)cc2)c(Br)c1)C(=O)Nc1cc(Cl)ccc1Cl. The molecule has 8 heteroatoms. The van der Waals surface area contributed by atoms with E-state index in [1.807, 2.05) is 18.2 Å². The number of ether oxygens (including phenoxy) is 1. The molecule has 1 N–H and O–H groups in total. The van der Waals surface area contributed by atoms with Gasteiger partial charge in [0.2, 0.25) is 0 Å². The zero-order valence-electron chi connectivity index (χ0n) is 15.8. The van der Waals surface area contributed by atoms with Gasteiger partial charge in [-0.25, -0.2) is 0 Å². The Morgan fingerprint density at radius 3 is 2.42 bits per heavy atom. The molecule has 0 saturated heterocycles. The van der Waals surface area contributed by atoms with Gasteiger partial charge < -0.3 is 10.1 Å². The van der Waals surface area contributed by atoms with E-state index in [1.165, 1.54) is 12.1 Å². The number of nitrogens with zero attached hydrogens (tertiary/aromatic N) is 1. The van der Waals surface area contributed by atoms with Crippen molar-refractivity contribution < 1.29 is 9.53 Å². The monoisotopic (exact) mass is 534 g/mol. The van der Waals surface area contributed by atoms with Crippen LogP contribution < -0.4 is 10.1 Å². The molecule has 156 valence electrons. The molecule has 0 saturated carbocycles. The van der Waals surface area contributed by atoms with Gasteiger partial charge in [0.05, 0.1) is 15.2 Å². The molecule has 0 aliphatic heterocycles. The van der Waals surface area contributed by atoms with E-state index in [2.05, 4.69) is 21.2 Å². The van der Waals surface area contributed by atoms with Crippen molar-refractivity contribution in [1.29, 1.82) is 5.26 Å². The summed E-state index contributed by atoms with van der Waals surface area (Å²) in [4.78, 5) is 12.5. The van der Waals surface area contributed by atoms with Crippen molar-refractivity contribution in [2.75, 3.05) is 5.32 Å². The lowest BCUT2D eigenvalue weighted by Gasteiger charge is -2.10. The molecule has 0 aliphatic carbocycles. The number of nitrogens with one attached hydrogen (secondary N) is 1. The van der Waals surface area contributed by atoms with Gasteiger partial charge in [-0.3, -0.25) is 4.79 Å². The number of anilines is 1. The highest BCUT2D eigenvalue weighted by molar-refractivity contribution is 9.10. The number of amides is 1. The summed E-state index contributed by atoms with van der Waals surface area (Å²) < 4.78 is 6.50. The van der Waals surface area contributed by atoms with Crippen LogP contribution in [0.4, 0.5) is 5.69 Å². The molecule has 3 aromatic rings. The van der Waals surface area contributed by atoms with E-state index < -0.39 is 5.91 Å². The Hall–Kier alpha value is -2.49. The Bertz CT molecular complexity index is 1190. The number of hydrogen-bond donors (Lipinski definition) is 1. The minimum Gasteiger partial charge on any atom is -0.488 e. The molecule has 3 aromatic carbocycles. The Kier molecular flexibility index (Phi) is 8.00. The van der Waals surface area contributed by atoms with E-state index in [9.17, 15) is 10.1 Å². The number of carbonyl (C=O) groups excluding carboxylic acids is 1. The lowest BCUT2D eigenvalue weighted by molar-refractivity contribution is -0.112. The van der Waals surface area contributed by atoms with Crippen molar-refractivity contribution in [3.63, 3.8) is 0 Å². The summed E-state index contributed by atoms with van der Waals surface area (Å²) in [7, 11) is 0. The molecule has 0 aliphatic rings. The Morgan fingerprint density at radius 2 is 1.74 bits per heavy atom.